The average Bonchev–Trinajstić information content (AvgIpc) is 3.85. The van der Waals surface area contributed by atoms with E-state index in [1.54, 1.807) is 34.9 Å². The quantitative estimate of drug-likeness (QED) is 0.259. The van der Waals surface area contributed by atoms with Crippen LogP contribution in [0.1, 0.15) is 60.5 Å². The lowest BCUT2D eigenvalue weighted by molar-refractivity contribution is -0.121. The number of imidazole rings is 1. The lowest BCUT2D eigenvalue weighted by atomic mass is 9.99. The molecular formula is C34H35ClFN7O4S. The SMILES string of the molecule is CC(C)(C)OC(=O)N1CCN(c2ccc(-c3cc(F)c4c(c3)C(=O)N(C(C(=O)Nc3nccs3)c3ncn5c3CCC5)C4)cc2Cl)CC1. The van der Waals surface area contributed by atoms with Crippen molar-refractivity contribution in [2.75, 3.05) is 36.4 Å². The van der Waals surface area contributed by atoms with Crippen LogP contribution < -0.4 is 10.2 Å². The summed E-state index contributed by atoms with van der Waals surface area (Å²) in [6.45, 7) is 8.38. The fourth-order valence-electron chi connectivity index (χ4n) is 6.56. The molecule has 5 heterocycles. The van der Waals surface area contributed by atoms with Crippen molar-refractivity contribution in [1.29, 1.82) is 0 Å². The van der Waals surface area contributed by atoms with Gasteiger partial charge < -0.3 is 24.0 Å². The van der Waals surface area contributed by atoms with E-state index >= 15 is 4.39 Å². The fraction of sp³-hybridized carbons (Fsp3) is 0.382. The molecule has 0 radical (unpaired) electrons. The molecule has 1 fully saturated rings. The van der Waals surface area contributed by atoms with E-state index in [4.69, 9.17) is 16.3 Å². The van der Waals surface area contributed by atoms with Crippen LogP contribution >= 0.6 is 22.9 Å². The molecule has 0 bridgehead atoms. The number of nitrogens with zero attached hydrogens (tertiary/aromatic N) is 6. The Kier molecular flexibility index (Phi) is 8.36. The molecular weight excluding hydrogens is 657 g/mol. The van der Waals surface area contributed by atoms with Gasteiger partial charge in [0, 0.05) is 61.1 Å². The molecule has 48 heavy (non-hydrogen) atoms. The van der Waals surface area contributed by atoms with Gasteiger partial charge in [-0.2, -0.15) is 0 Å². The number of thiazole rings is 1. The zero-order valence-corrected chi connectivity index (χ0v) is 28.4. The van der Waals surface area contributed by atoms with E-state index in [1.165, 1.54) is 22.3 Å². The van der Waals surface area contributed by atoms with Gasteiger partial charge in [0.2, 0.25) is 0 Å². The third-order valence-corrected chi connectivity index (χ3v) is 9.83. The summed E-state index contributed by atoms with van der Waals surface area (Å²) in [5, 5.41) is 5.45. The van der Waals surface area contributed by atoms with Crippen molar-refractivity contribution >= 4 is 51.7 Å². The molecule has 1 atom stereocenters. The number of nitrogens with one attached hydrogen (secondary N) is 1. The largest absolute Gasteiger partial charge is 0.444 e. The van der Waals surface area contributed by atoms with Gasteiger partial charge in [0.1, 0.15) is 11.4 Å². The second kappa shape index (κ2) is 12.5. The molecule has 0 spiro atoms. The molecule has 0 aliphatic carbocycles. The smallest absolute Gasteiger partial charge is 0.410 e. The summed E-state index contributed by atoms with van der Waals surface area (Å²) >= 11 is 8.04. The number of benzene rings is 2. The van der Waals surface area contributed by atoms with Crippen molar-refractivity contribution in [2.45, 2.75) is 58.3 Å². The zero-order chi connectivity index (χ0) is 33.7. The Labute approximate surface area is 286 Å². The number of ether oxygens (including phenoxy) is 1. The summed E-state index contributed by atoms with van der Waals surface area (Å²) in [4.78, 5) is 54.2. The highest BCUT2D eigenvalue weighted by Crippen LogP contribution is 2.39. The topological polar surface area (TPSA) is 113 Å². The van der Waals surface area contributed by atoms with Gasteiger partial charge in [0.25, 0.3) is 11.8 Å². The van der Waals surface area contributed by atoms with E-state index in [0.717, 1.165) is 30.8 Å². The van der Waals surface area contributed by atoms with Crippen molar-refractivity contribution in [3.8, 4) is 11.1 Å². The van der Waals surface area contributed by atoms with E-state index in [9.17, 15) is 14.4 Å². The van der Waals surface area contributed by atoms with Gasteiger partial charge in [-0.1, -0.05) is 17.7 Å². The normalized spacial score (nSPS) is 16.6. The van der Waals surface area contributed by atoms with Crippen molar-refractivity contribution in [3.05, 3.63) is 81.6 Å². The minimum absolute atomic E-state index is 0.0719. The molecule has 14 heteroatoms. The van der Waals surface area contributed by atoms with Crippen molar-refractivity contribution in [2.24, 2.45) is 0 Å². The maximum atomic E-state index is 15.8. The number of amides is 3. The summed E-state index contributed by atoms with van der Waals surface area (Å²) in [5.41, 5.74) is 3.22. The van der Waals surface area contributed by atoms with Gasteiger partial charge in [-0.15, -0.1) is 11.3 Å². The Hall–Kier alpha value is -4.49. The summed E-state index contributed by atoms with van der Waals surface area (Å²) in [6.07, 6.45) is 4.60. The number of hydrogen-bond acceptors (Lipinski definition) is 8. The van der Waals surface area contributed by atoms with Gasteiger partial charge in [-0.3, -0.25) is 14.9 Å². The standard InChI is InChI=1S/C34H35ClFN7O4S/c1-34(2,3)47-33(46)41-12-10-40(11-13-41)26-7-6-20(16-24(26)35)21-15-22-23(25(36)17-21)18-43(31(22)45)29(30(44)39-32-37-8-14-48-32)28-27-5-4-9-42(27)19-38-28/h6-8,14-17,19,29H,4-5,9-13,18H2,1-3H3,(H,37,39,44). The van der Waals surface area contributed by atoms with Crippen LogP contribution in [0.25, 0.3) is 11.1 Å². The number of halogens is 2. The van der Waals surface area contributed by atoms with E-state index < -0.39 is 29.3 Å². The van der Waals surface area contributed by atoms with Gasteiger partial charge in [-0.25, -0.2) is 19.2 Å². The predicted octanol–water partition coefficient (Wildman–Crippen LogP) is 6.14. The van der Waals surface area contributed by atoms with Crippen LogP contribution in [0.5, 0.6) is 0 Å². The van der Waals surface area contributed by atoms with E-state index in [2.05, 4.69) is 20.2 Å². The van der Waals surface area contributed by atoms with E-state index in [1.807, 2.05) is 37.5 Å². The van der Waals surface area contributed by atoms with Crippen molar-refractivity contribution in [3.63, 3.8) is 0 Å². The predicted molar refractivity (Wildman–Crippen MR) is 181 cm³/mol. The summed E-state index contributed by atoms with van der Waals surface area (Å²) in [6, 6.07) is 7.49. The average molecular weight is 692 g/mol. The maximum absolute atomic E-state index is 15.8. The monoisotopic (exact) mass is 691 g/mol. The van der Waals surface area contributed by atoms with Gasteiger partial charge in [0.15, 0.2) is 11.2 Å². The lowest BCUT2D eigenvalue weighted by Crippen LogP contribution is -2.50. The molecule has 1 unspecified atom stereocenters. The molecule has 3 aliphatic rings. The minimum Gasteiger partial charge on any atom is -0.444 e. The molecule has 7 rings (SSSR count). The zero-order valence-electron chi connectivity index (χ0n) is 26.8. The molecule has 2 aromatic heterocycles. The van der Waals surface area contributed by atoms with E-state index in [-0.39, 0.29) is 23.8 Å². The third kappa shape index (κ3) is 6.12. The van der Waals surface area contributed by atoms with Gasteiger partial charge >= 0.3 is 6.09 Å². The Morgan fingerprint density at radius 2 is 1.85 bits per heavy atom. The molecule has 3 aliphatic heterocycles. The first-order chi connectivity index (χ1) is 23.0. The number of aryl methyl sites for hydroxylation is 1. The Morgan fingerprint density at radius 1 is 1.06 bits per heavy atom. The Morgan fingerprint density at radius 3 is 2.56 bits per heavy atom. The first kappa shape index (κ1) is 32.1. The fourth-order valence-corrected chi connectivity index (χ4v) is 7.40. The number of piperazine rings is 1. The number of carbonyl (C=O) groups is 3. The number of hydrogen-bond donors (Lipinski definition) is 1. The lowest BCUT2D eigenvalue weighted by Gasteiger charge is -2.37. The van der Waals surface area contributed by atoms with Crippen LogP contribution in [0.4, 0.5) is 20.0 Å². The Bertz CT molecular complexity index is 1900. The van der Waals surface area contributed by atoms with Crippen LogP contribution in [0, 0.1) is 5.82 Å². The van der Waals surface area contributed by atoms with Crippen LogP contribution in [-0.4, -0.2) is 74.0 Å². The summed E-state index contributed by atoms with van der Waals surface area (Å²) in [7, 11) is 0. The number of anilines is 2. The molecule has 2 aromatic carbocycles. The molecule has 1 saturated heterocycles. The molecule has 1 N–H and O–H groups in total. The first-order valence-corrected chi connectivity index (χ1v) is 17.1. The summed E-state index contributed by atoms with van der Waals surface area (Å²) < 4.78 is 23.3. The Balaban J connectivity index is 1.12. The number of carbonyl (C=O) groups excluding carboxylic acids is 3. The molecule has 3 amide bonds. The molecule has 11 nitrogen and oxygen atoms in total. The second-order valence-corrected chi connectivity index (χ2v) is 14.4. The maximum Gasteiger partial charge on any atom is 0.410 e. The molecule has 0 saturated carbocycles. The van der Waals surface area contributed by atoms with Crippen LogP contribution in [0.3, 0.4) is 0 Å². The molecule has 4 aromatic rings. The van der Waals surface area contributed by atoms with Crippen molar-refractivity contribution < 1.29 is 23.5 Å². The summed E-state index contributed by atoms with van der Waals surface area (Å²) in [5.74, 6) is -1.43. The highest BCUT2D eigenvalue weighted by Gasteiger charge is 2.42. The molecule has 250 valence electrons. The minimum atomic E-state index is -1.06. The van der Waals surface area contributed by atoms with Gasteiger partial charge in [-0.05, 0) is 69.0 Å². The third-order valence-electron chi connectivity index (χ3n) is 8.84. The van der Waals surface area contributed by atoms with Gasteiger partial charge in [0.05, 0.1) is 29.3 Å². The first-order valence-electron chi connectivity index (χ1n) is 15.9. The number of fused-ring (bicyclic) bond motifs is 2. The number of aromatic nitrogens is 3. The van der Waals surface area contributed by atoms with Crippen LogP contribution in [0.2, 0.25) is 5.02 Å². The second-order valence-electron chi connectivity index (χ2n) is 13.1. The van der Waals surface area contributed by atoms with Crippen molar-refractivity contribution in [1.82, 2.24) is 24.3 Å². The van der Waals surface area contributed by atoms with Crippen LogP contribution in [-0.2, 0) is 29.0 Å². The highest BCUT2D eigenvalue weighted by molar-refractivity contribution is 7.13. The van der Waals surface area contributed by atoms with E-state index in [0.29, 0.717) is 53.2 Å². The number of rotatable bonds is 6. The van der Waals surface area contributed by atoms with Crippen LogP contribution in [0.15, 0.2) is 48.2 Å². The highest BCUT2D eigenvalue weighted by atomic mass is 35.5.